The number of nitrogens with one attached hydrogen (secondary N) is 2. The summed E-state index contributed by atoms with van der Waals surface area (Å²) in [6.45, 7) is 4.59. The van der Waals surface area contributed by atoms with E-state index in [1.54, 1.807) is 0 Å². The highest BCUT2D eigenvalue weighted by Gasteiger charge is 2.23. The first-order valence-electron chi connectivity index (χ1n) is 26.3. The summed E-state index contributed by atoms with van der Waals surface area (Å²) in [4.78, 5) is 28.5. The van der Waals surface area contributed by atoms with E-state index in [0.717, 1.165) is 103 Å². The highest BCUT2D eigenvalue weighted by atomic mass is 32.1. The largest absolute Gasteiger partial charge is 0.354 e. The van der Waals surface area contributed by atoms with Crippen LogP contribution in [0.5, 0.6) is 0 Å². The molecule has 0 amide bonds. The fraction of sp³-hybridized carbons (Fsp3) is 0.182. The predicted octanol–water partition coefficient (Wildman–Crippen LogP) is 20.8. The molecular formula is C66H58N4S4. The molecule has 0 aliphatic carbocycles. The van der Waals surface area contributed by atoms with Crippen molar-refractivity contribution in [1.82, 2.24) is 19.9 Å². The summed E-state index contributed by atoms with van der Waals surface area (Å²) < 4.78 is 0. The van der Waals surface area contributed by atoms with E-state index < -0.39 is 0 Å². The van der Waals surface area contributed by atoms with Crippen LogP contribution in [-0.4, -0.2) is 19.9 Å². The van der Waals surface area contributed by atoms with Crippen LogP contribution >= 0.6 is 45.3 Å². The quantitative estimate of drug-likeness (QED) is 0.0893. The molecule has 2 aliphatic rings. The number of aromatic amines is 2. The Morgan fingerprint density at radius 2 is 0.784 bits per heavy atom. The van der Waals surface area contributed by atoms with Gasteiger partial charge in [0, 0.05) is 78.5 Å². The zero-order valence-corrected chi connectivity index (χ0v) is 45.2. The standard InChI is InChI=1S/C66H58N4S4/c1-3-5-7-12-26-46-40-41-71-65(46)58-38-36-56(72-58)57-37-39-59(73-57)66-47(27-13-8-6-4-2)42-60(74-66)64-54-34-32-52(69-54)62(44-22-16-10-17-23-44)50-30-28-48(67-50)61(43-20-14-9-15-21-43)49-29-31-51(68-49)63(45-24-18-11-19-25-45)53-33-35-55(64)70-53/h9-11,14-25,28-42,67,70H,3-8,12-13,26-27H2,1-2H3. The first-order chi connectivity index (χ1) is 36.6. The molecule has 10 aromatic rings. The lowest BCUT2D eigenvalue weighted by atomic mass is 10.0. The fourth-order valence-corrected chi connectivity index (χ4v) is 15.2. The summed E-state index contributed by atoms with van der Waals surface area (Å²) in [5, 5.41) is 2.28. The normalized spacial score (nSPS) is 12.1. The van der Waals surface area contributed by atoms with Gasteiger partial charge in [-0.1, -0.05) is 143 Å². The van der Waals surface area contributed by atoms with E-state index in [0.29, 0.717) is 0 Å². The molecule has 9 heterocycles. The van der Waals surface area contributed by atoms with E-state index in [1.165, 1.54) is 90.2 Å². The van der Waals surface area contributed by atoms with Gasteiger partial charge in [0.2, 0.25) is 0 Å². The third-order valence-electron chi connectivity index (χ3n) is 14.2. The van der Waals surface area contributed by atoms with Crippen LogP contribution in [0.3, 0.4) is 0 Å². The van der Waals surface area contributed by atoms with Crippen molar-refractivity contribution < 1.29 is 0 Å². The summed E-state index contributed by atoms with van der Waals surface area (Å²) in [5.74, 6) is 0. The maximum atomic E-state index is 5.66. The Morgan fingerprint density at radius 1 is 0.365 bits per heavy atom. The average molecular weight is 1040 g/mol. The van der Waals surface area contributed by atoms with Gasteiger partial charge in [0.25, 0.3) is 0 Å². The van der Waals surface area contributed by atoms with Gasteiger partial charge in [0.15, 0.2) is 0 Å². The predicted molar refractivity (Wildman–Crippen MR) is 324 cm³/mol. The third kappa shape index (κ3) is 9.80. The van der Waals surface area contributed by atoms with Crippen molar-refractivity contribution in [3.05, 3.63) is 191 Å². The fourth-order valence-electron chi connectivity index (χ4n) is 10.6. The Balaban J connectivity index is 1.05. The van der Waals surface area contributed by atoms with Crippen LogP contribution in [0.2, 0.25) is 0 Å². The molecular weight excluding hydrogens is 977 g/mol. The van der Waals surface area contributed by atoms with Crippen LogP contribution in [-0.2, 0) is 12.8 Å². The first kappa shape index (κ1) is 48.0. The molecule has 3 aromatic carbocycles. The maximum Gasteiger partial charge on any atom is 0.0745 e. The topological polar surface area (TPSA) is 57.4 Å². The van der Waals surface area contributed by atoms with Crippen molar-refractivity contribution in [1.29, 1.82) is 0 Å². The smallest absolute Gasteiger partial charge is 0.0745 e. The Kier molecular flexibility index (Phi) is 14.2. The second-order valence-corrected chi connectivity index (χ2v) is 23.4. The van der Waals surface area contributed by atoms with Gasteiger partial charge in [0.05, 0.1) is 22.8 Å². The van der Waals surface area contributed by atoms with E-state index in [2.05, 4.69) is 205 Å². The van der Waals surface area contributed by atoms with Crippen molar-refractivity contribution in [2.75, 3.05) is 0 Å². The number of hydrogen-bond donors (Lipinski definition) is 2. The van der Waals surface area contributed by atoms with E-state index in [4.69, 9.17) is 9.97 Å². The van der Waals surface area contributed by atoms with E-state index in [9.17, 15) is 0 Å². The molecule has 2 aliphatic heterocycles. The molecule has 8 bridgehead atoms. The van der Waals surface area contributed by atoms with Gasteiger partial charge in [-0.2, -0.15) is 0 Å². The molecule has 0 spiro atoms. The molecule has 12 rings (SSSR count). The number of nitrogens with zero attached hydrogens (tertiary/aromatic N) is 2. The number of H-pyrrole nitrogens is 2. The summed E-state index contributed by atoms with van der Waals surface area (Å²) >= 11 is 7.68. The van der Waals surface area contributed by atoms with Crippen LogP contribution in [0.1, 0.15) is 99.1 Å². The average Bonchev–Trinajstić information content (AvgIpc) is 4.29. The molecule has 0 fully saturated rings. The summed E-state index contributed by atoms with van der Waals surface area (Å²) in [6.07, 6.45) is 21.0. The number of hydrogen-bond acceptors (Lipinski definition) is 6. The van der Waals surface area contributed by atoms with Gasteiger partial charge in [0.1, 0.15) is 0 Å². The van der Waals surface area contributed by atoms with Crippen LogP contribution in [0.15, 0.2) is 157 Å². The van der Waals surface area contributed by atoms with E-state index in [1.807, 2.05) is 45.3 Å². The number of thiophene rings is 4. The molecule has 0 saturated carbocycles. The summed E-state index contributed by atoms with van der Waals surface area (Å²) in [5.41, 5.74) is 18.2. The zero-order valence-electron chi connectivity index (χ0n) is 41.9. The Bertz CT molecular complexity index is 3780. The SMILES string of the molecule is CCCCCCc1ccsc1-c1ccc(-c2ccc(-c3sc(-c4c5nc(c(-c6ccccc6)c6ccc([nH]6)c(-c6ccccc6)c6nc(c(-c7ccccc7)c7ccc4[nH]7)C=C6)C=C5)cc3CCCCCC)s2)s1. The molecule has 2 N–H and O–H groups in total. The number of rotatable bonds is 17. The Labute approximate surface area is 450 Å². The highest BCUT2D eigenvalue weighted by molar-refractivity contribution is 7.29. The number of unbranched alkanes of at least 4 members (excludes halogenated alkanes) is 6. The van der Waals surface area contributed by atoms with Crippen molar-refractivity contribution in [3.63, 3.8) is 0 Å². The molecule has 0 saturated heterocycles. The van der Waals surface area contributed by atoms with E-state index in [-0.39, 0.29) is 0 Å². The first-order valence-corrected chi connectivity index (χ1v) is 29.7. The minimum atomic E-state index is 0.910. The maximum absolute atomic E-state index is 5.66. The minimum absolute atomic E-state index is 0.910. The molecule has 0 radical (unpaired) electrons. The molecule has 4 nitrogen and oxygen atoms in total. The minimum Gasteiger partial charge on any atom is -0.354 e. The molecule has 7 aromatic heterocycles. The van der Waals surface area contributed by atoms with Crippen molar-refractivity contribution in [3.8, 4) is 73.1 Å². The number of aryl methyl sites for hydroxylation is 2. The lowest BCUT2D eigenvalue weighted by molar-refractivity contribution is 0.668. The molecule has 0 atom stereocenters. The highest BCUT2D eigenvalue weighted by Crippen LogP contribution is 2.48. The van der Waals surface area contributed by atoms with Gasteiger partial charge in [-0.3, -0.25) is 0 Å². The van der Waals surface area contributed by atoms with Crippen molar-refractivity contribution in [2.45, 2.75) is 78.1 Å². The lowest BCUT2D eigenvalue weighted by Crippen LogP contribution is -1.89. The molecule has 0 unspecified atom stereocenters. The van der Waals surface area contributed by atoms with Gasteiger partial charge in [-0.25, -0.2) is 9.97 Å². The molecule has 8 heteroatoms. The molecule has 366 valence electrons. The molecule has 74 heavy (non-hydrogen) atoms. The van der Waals surface area contributed by atoms with Crippen LogP contribution in [0.25, 0.3) is 119 Å². The third-order valence-corrected chi connectivity index (χ3v) is 19.1. The number of fused-ring (bicyclic) bond motifs is 8. The lowest BCUT2D eigenvalue weighted by Gasteiger charge is -2.06. The monoisotopic (exact) mass is 1030 g/mol. The van der Waals surface area contributed by atoms with Gasteiger partial charge in [-0.15, -0.1) is 45.3 Å². The van der Waals surface area contributed by atoms with Gasteiger partial charge < -0.3 is 9.97 Å². The summed E-state index contributed by atoms with van der Waals surface area (Å²) in [7, 11) is 0. The van der Waals surface area contributed by atoms with Gasteiger partial charge in [-0.05, 0) is 144 Å². The second-order valence-electron chi connectivity index (χ2n) is 19.3. The van der Waals surface area contributed by atoms with Crippen LogP contribution in [0.4, 0.5) is 0 Å². The van der Waals surface area contributed by atoms with E-state index >= 15 is 0 Å². The van der Waals surface area contributed by atoms with Gasteiger partial charge >= 0.3 is 0 Å². The summed E-state index contributed by atoms with van der Waals surface area (Å²) in [6, 6.07) is 55.2. The zero-order chi connectivity index (χ0) is 49.8. The van der Waals surface area contributed by atoms with Crippen LogP contribution in [0, 0.1) is 0 Å². The van der Waals surface area contributed by atoms with Crippen molar-refractivity contribution in [2.24, 2.45) is 0 Å². The Hall–Kier alpha value is -6.94. The number of benzene rings is 3. The van der Waals surface area contributed by atoms with Crippen molar-refractivity contribution >= 4 is 91.7 Å². The second kappa shape index (κ2) is 21.9. The number of aromatic nitrogens is 4. The Morgan fingerprint density at radius 3 is 1.26 bits per heavy atom. The van der Waals surface area contributed by atoms with Crippen LogP contribution < -0.4 is 0 Å².